The fraction of sp³-hybridized carbons (Fsp3) is 0.529. The maximum atomic E-state index is 10.6. The Kier molecular flexibility index (Phi) is 4.36. The number of nitrogens with zero attached hydrogens (tertiary/aromatic N) is 2. The van der Waals surface area contributed by atoms with E-state index in [2.05, 4.69) is 47.7 Å². The Labute approximate surface area is 130 Å². The quantitative estimate of drug-likeness (QED) is 0.920. The predicted molar refractivity (Wildman–Crippen MR) is 85.7 cm³/mol. The van der Waals surface area contributed by atoms with Crippen molar-refractivity contribution in [2.45, 2.75) is 57.5 Å². The van der Waals surface area contributed by atoms with Crippen molar-refractivity contribution in [3.8, 4) is 0 Å². The Morgan fingerprint density at radius 2 is 2.14 bits per heavy atom. The molecule has 1 heterocycles. The van der Waals surface area contributed by atoms with E-state index in [-0.39, 0.29) is 0 Å². The van der Waals surface area contributed by atoms with Crippen LogP contribution in [0, 0.1) is 0 Å². The lowest BCUT2D eigenvalue weighted by Gasteiger charge is -2.27. The summed E-state index contributed by atoms with van der Waals surface area (Å²) in [6.45, 7) is 4.20. The molecule has 1 aromatic heterocycles. The van der Waals surface area contributed by atoms with Gasteiger partial charge in [-0.15, -0.1) is 5.10 Å². The maximum absolute atomic E-state index is 10.6. The zero-order valence-corrected chi connectivity index (χ0v) is 13.4. The molecule has 4 heteroatoms. The Bertz CT molecular complexity index is 608. The fourth-order valence-corrected chi connectivity index (χ4v) is 4.12. The second-order valence-corrected chi connectivity index (χ2v) is 7.00. The molecule has 0 fully saturated rings. The highest BCUT2D eigenvalue weighted by molar-refractivity contribution is 7.05. The van der Waals surface area contributed by atoms with Crippen molar-refractivity contribution in [3.63, 3.8) is 0 Å². The predicted octanol–water partition coefficient (Wildman–Crippen LogP) is 4.21. The van der Waals surface area contributed by atoms with Crippen LogP contribution in [0.5, 0.6) is 0 Å². The number of aryl methyl sites for hydroxylation is 1. The third-order valence-corrected chi connectivity index (χ3v) is 5.23. The lowest BCUT2D eigenvalue weighted by molar-refractivity contribution is 0.156. The fourth-order valence-electron chi connectivity index (χ4n) is 3.31. The van der Waals surface area contributed by atoms with Gasteiger partial charge in [-0.25, -0.2) is 0 Å². The lowest BCUT2D eigenvalue weighted by Crippen LogP contribution is -2.13. The zero-order chi connectivity index (χ0) is 14.8. The van der Waals surface area contributed by atoms with Gasteiger partial charge in [0, 0.05) is 0 Å². The third kappa shape index (κ3) is 3.01. The summed E-state index contributed by atoms with van der Waals surface area (Å²) >= 11 is 1.34. The minimum absolute atomic E-state index is 0.312. The van der Waals surface area contributed by atoms with Crippen molar-refractivity contribution in [3.05, 3.63) is 46.0 Å². The summed E-state index contributed by atoms with van der Waals surface area (Å²) in [6.07, 6.45) is 3.88. The summed E-state index contributed by atoms with van der Waals surface area (Å²) in [6, 6.07) is 8.67. The normalized spacial score (nSPS) is 19.5. The van der Waals surface area contributed by atoms with E-state index in [1.54, 1.807) is 0 Å². The molecule has 0 bridgehead atoms. The van der Waals surface area contributed by atoms with E-state index in [1.807, 2.05) is 0 Å². The van der Waals surface area contributed by atoms with Gasteiger partial charge in [-0.1, -0.05) is 42.6 Å². The van der Waals surface area contributed by atoms with E-state index >= 15 is 0 Å². The summed E-state index contributed by atoms with van der Waals surface area (Å²) in [4.78, 5) is 0.952. The van der Waals surface area contributed by atoms with Crippen molar-refractivity contribution >= 4 is 11.5 Å². The number of rotatable bonds is 4. The van der Waals surface area contributed by atoms with Gasteiger partial charge in [0.05, 0.1) is 16.7 Å². The maximum Gasteiger partial charge on any atom is 0.0923 e. The first kappa shape index (κ1) is 14.7. The number of aliphatic hydroxyl groups is 1. The molecule has 3 nitrogen and oxygen atoms in total. The molecule has 0 saturated carbocycles. The molecule has 2 aromatic rings. The molecular formula is C17H22N2OS. The number of benzene rings is 1. The van der Waals surface area contributed by atoms with Crippen LogP contribution in [0.1, 0.15) is 72.7 Å². The molecule has 0 saturated heterocycles. The van der Waals surface area contributed by atoms with Crippen LogP contribution in [0.2, 0.25) is 0 Å². The number of hydrogen-bond donors (Lipinski definition) is 1. The largest absolute Gasteiger partial charge is 0.387 e. The van der Waals surface area contributed by atoms with Crippen LogP contribution in [-0.4, -0.2) is 14.7 Å². The summed E-state index contributed by atoms with van der Waals surface area (Å²) in [5, 5.41) is 14.8. The number of aromatic nitrogens is 2. The lowest BCUT2D eigenvalue weighted by atomic mass is 9.79. The van der Waals surface area contributed by atoms with Gasteiger partial charge in [-0.3, -0.25) is 0 Å². The van der Waals surface area contributed by atoms with Gasteiger partial charge < -0.3 is 5.11 Å². The van der Waals surface area contributed by atoms with Crippen LogP contribution in [-0.2, 0) is 6.42 Å². The third-order valence-electron chi connectivity index (χ3n) is 4.39. The molecule has 0 aliphatic heterocycles. The van der Waals surface area contributed by atoms with E-state index < -0.39 is 6.10 Å². The van der Waals surface area contributed by atoms with Crippen LogP contribution < -0.4 is 0 Å². The van der Waals surface area contributed by atoms with Crippen molar-refractivity contribution in [1.82, 2.24) is 9.59 Å². The number of hydrogen-bond acceptors (Lipinski definition) is 4. The zero-order valence-electron chi connectivity index (χ0n) is 12.6. The van der Waals surface area contributed by atoms with Crippen LogP contribution in [0.15, 0.2) is 24.3 Å². The Morgan fingerprint density at radius 3 is 2.95 bits per heavy atom. The molecule has 0 radical (unpaired) electrons. The van der Waals surface area contributed by atoms with Gasteiger partial charge in [-0.05, 0) is 60.2 Å². The van der Waals surface area contributed by atoms with Crippen molar-refractivity contribution in [1.29, 1.82) is 0 Å². The monoisotopic (exact) mass is 302 g/mol. The second kappa shape index (κ2) is 6.24. The van der Waals surface area contributed by atoms with Gasteiger partial charge in [0.1, 0.15) is 0 Å². The first-order valence-corrected chi connectivity index (χ1v) is 8.52. The van der Waals surface area contributed by atoms with Gasteiger partial charge in [0.15, 0.2) is 0 Å². The minimum atomic E-state index is -0.446. The minimum Gasteiger partial charge on any atom is -0.387 e. The van der Waals surface area contributed by atoms with E-state index in [0.717, 1.165) is 23.4 Å². The van der Waals surface area contributed by atoms with Crippen molar-refractivity contribution < 1.29 is 5.11 Å². The Hall–Kier alpha value is -1.26. The summed E-state index contributed by atoms with van der Waals surface area (Å²) in [5.74, 6) is 0.763. The summed E-state index contributed by atoms with van der Waals surface area (Å²) in [5.41, 5.74) is 3.83. The molecule has 1 aliphatic rings. The molecule has 3 rings (SSSR count). The molecule has 2 unspecified atom stereocenters. The smallest absolute Gasteiger partial charge is 0.0923 e. The van der Waals surface area contributed by atoms with E-state index in [0.29, 0.717) is 11.8 Å². The first-order valence-electron chi connectivity index (χ1n) is 7.74. The molecule has 0 amide bonds. The second-order valence-electron chi connectivity index (χ2n) is 6.22. The highest BCUT2D eigenvalue weighted by Crippen LogP contribution is 2.39. The van der Waals surface area contributed by atoms with E-state index in [4.69, 9.17) is 0 Å². The van der Waals surface area contributed by atoms with Crippen molar-refractivity contribution in [2.75, 3.05) is 0 Å². The Balaban J connectivity index is 1.79. The van der Waals surface area contributed by atoms with Crippen LogP contribution in [0.4, 0.5) is 0 Å². The van der Waals surface area contributed by atoms with Crippen LogP contribution in [0.3, 0.4) is 0 Å². The van der Waals surface area contributed by atoms with E-state index in [1.165, 1.54) is 35.5 Å². The summed E-state index contributed by atoms with van der Waals surface area (Å²) < 4.78 is 4.03. The highest BCUT2D eigenvalue weighted by Gasteiger charge is 2.26. The first-order chi connectivity index (χ1) is 10.2. The molecule has 0 spiro atoms. The average molecular weight is 302 g/mol. The van der Waals surface area contributed by atoms with Gasteiger partial charge in [-0.2, -0.15) is 0 Å². The van der Waals surface area contributed by atoms with Gasteiger partial charge in [0.2, 0.25) is 0 Å². The average Bonchev–Trinajstić information content (AvgIpc) is 2.97. The molecule has 112 valence electrons. The number of aliphatic hydroxyl groups excluding tert-OH is 1. The summed E-state index contributed by atoms with van der Waals surface area (Å²) in [7, 11) is 0. The van der Waals surface area contributed by atoms with E-state index in [9.17, 15) is 5.11 Å². The van der Waals surface area contributed by atoms with Gasteiger partial charge >= 0.3 is 0 Å². The van der Waals surface area contributed by atoms with Gasteiger partial charge in [0.25, 0.3) is 0 Å². The standard InChI is InChI=1S/C17H22N2OS/c1-11(2)16-17(21-19-18-16)15(20)10-13-8-5-7-12-6-3-4-9-14(12)13/h3-4,6,9,11,13,15,20H,5,7-8,10H2,1-2H3. The highest BCUT2D eigenvalue weighted by atomic mass is 32.1. The molecular weight excluding hydrogens is 280 g/mol. The Morgan fingerprint density at radius 1 is 1.33 bits per heavy atom. The van der Waals surface area contributed by atoms with Crippen LogP contribution in [0.25, 0.3) is 0 Å². The number of fused-ring (bicyclic) bond motifs is 1. The molecule has 1 aliphatic carbocycles. The van der Waals surface area contributed by atoms with Crippen LogP contribution >= 0.6 is 11.5 Å². The molecule has 2 atom stereocenters. The molecule has 21 heavy (non-hydrogen) atoms. The molecule has 1 N–H and O–H groups in total. The molecule has 1 aromatic carbocycles. The SMILES string of the molecule is CC(C)c1nnsc1C(O)CC1CCCc2ccccc21. The van der Waals surface area contributed by atoms with Crippen molar-refractivity contribution in [2.24, 2.45) is 0 Å². The topological polar surface area (TPSA) is 46.0 Å².